The molecule has 0 spiro atoms. The van der Waals surface area contributed by atoms with Crippen molar-refractivity contribution >= 4 is 0 Å². The first-order valence-electron chi connectivity index (χ1n) is 15.6. The third-order valence-corrected chi connectivity index (χ3v) is 9.32. The molecule has 2 aliphatic rings. The van der Waals surface area contributed by atoms with E-state index in [0.29, 0.717) is 0 Å². The minimum Gasteiger partial charge on any atom is -0.494 e. The van der Waals surface area contributed by atoms with Gasteiger partial charge in [-0.15, -0.1) is 0 Å². The van der Waals surface area contributed by atoms with E-state index >= 15 is 0 Å². The highest BCUT2D eigenvalue weighted by atomic mass is 16.5. The van der Waals surface area contributed by atoms with Crippen LogP contribution in [0.25, 0.3) is 11.1 Å². The maximum Gasteiger partial charge on any atom is 0.119 e. The van der Waals surface area contributed by atoms with Gasteiger partial charge in [-0.1, -0.05) is 114 Å². The van der Waals surface area contributed by atoms with Gasteiger partial charge in [0.1, 0.15) is 5.75 Å². The van der Waals surface area contributed by atoms with Crippen molar-refractivity contribution in [2.75, 3.05) is 6.61 Å². The number of rotatable bonds is 13. The van der Waals surface area contributed by atoms with E-state index in [9.17, 15) is 0 Å². The third-order valence-electron chi connectivity index (χ3n) is 9.32. The Morgan fingerprint density at radius 1 is 0.556 bits per heavy atom. The summed E-state index contributed by atoms with van der Waals surface area (Å²) in [5, 5.41) is 0. The van der Waals surface area contributed by atoms with Gasteiger partial charge in [-0.2, -0.15) is 0 Å². The zero-order valence-electron chi connectivity index (χ0n) is 23.4. The molecule has 0 radical (unpaired) electrons. The van der Waals surface area contributed by atoms with E-state index in [1.54, 1.807) is 5.56 Å². The predicted molar refractivity (Wildman–Crippen MR) is 156 cm³/mol. The predicted octanol–water partition coefficient (Wildman–Crippen LogP) is 11.0. The lowest BCUT2D eigenvalue weighted by molar-refractivity contribution is 0.228. The number of hydrogen-bond donors (Lipinski definition) is 0. The van der Waals surface area contributed by atoms with Gasteiger partial charge in [-0.3, -0.25) is 0 Å². The monoisotopic (exact) mass is 488 g/mol. The van der Waals surface area contributed by atoms with E-state index in [1.807, 2.05) is 0 Å². The second-order valence-corrected chi connectivity index (χ2v) is 12.0. The second kappa shape index (κ2) is 14.8. The number of hydrogen-bond acceptors (Lipinski definition) is 1. The van der Waals surface area contributed by atoms with Crippen LogP contribution in [-0.2, 0) is 0 Å². The highest BCUT2D eigenvalue weighted by Crippen LogP contribution is 2.38. The quantitative estimate of drug-likeness (QED) is 0.255. The van der Waals surface area contributed by atoms with E-state index in [0.717, 1.165) is 36.0 Å². The molecule has 0 saturated heterocycles. The SMILES string of the molecule is CCCCC[C@H]1CC[C@H](CCCOc2ccc(-c3ccc([C@H]4CC[C@H](CCC)CC4)cc3)cc2)CC1. The normalized spacial score (nSPS) is 24.5. The van der Waals surface area contributed by atoms with E-state index < -0.39 is 0 Å². The highest BCUT2D eigenvalue weighted by molar-refractivity contribution is 5.64. The summed E-state index contributed by atoms with van der Waals surface area (Å²) in [6.45, 7) is 5.49. The molecule has 0 aromatic heterocycles. The van der Waals surface area contributed by atoms with E-state index in [4.69, 9.17) is 4.74 Å². The Hall–Kier alpha value is -1.76. The summed E-state index contributed by atoms with van der Waals surface area (Å²) in [5.41, 5.74) is 4.14. The lowest BCUT2D eigenvalue weighted by atomic mass is 9.77. The summed E-state index contributed by atoms with van der Waals surface area (Å²) < 4.78 is 6.10. The minimum atomic E-state index is 0.767. The van der Waals surface area contributed by atoms with Gasteiger partial charge in [-0.25, -0.2) is 0 Å². The van der Waals surface area contributed by atoms with Crippen molar-refractivity contribution in [2.45, 2.75) is 122 Å². The Balaban J connectivity index is 1.14. The van der Waals surface area contributed by atoms with Gasteiger partial charge in [0.25, 0.3) is 0 Å². The Labute approximate surface area is 222 Å². The van der Waals surface area contributed by atoms with Crippen LogP contribution < -0.4 is 4.74 Å². The summed E-state index contributed by atoms with van der Waals surface area (Å²) in [6, 6.07) is 18.1. The van der Waals surface area contributed by atoms with Crippen LogP contribution in [0.2, 0.25) is 0 Å². The Morgan fingerprint density at radius 3 is 1.67 bits per heavy atom. The molecular weight excluding hydrogens is 436 g/mol. The lowest BCUT2D eigenvalue weighted by Crippen LogP contribution is -2.15. The van der Waals surface area contributed by atoms with Crippen molar-refractivity contribution < 1.29 is 4.74 Å². The van der Waals surface area contributed by atoms with E-state index in [2.05, 4.69) is 62.4 Å². The maximum atomic E-state index is 6.10. The van der Waals surface area contributed by atoms with Crippen LogP contribution >= 0.6 is 0 Å². The molecule has 1 heteroatoms. The molecule has 0 bridgehead atoms. The molecule has 2 fully saturated rings. The number of benzene rings is 2. The minimum absolute atomic E-state index is 0.767. The van der Waals surface area contributed by atoms with Crippen molar-refractivity contribution in [3.63, 3.8) is 0 Å². The molecule has 0 heterocycles. The van der Waals surface area contributed by atoms with Crippen LogP contribution in [0, 0.1) is 17.8 Å². The third kappa shape index (κ3) is 8.39. The molecule has 2 aromatic carbocycles. The second-order valence-electron chi connectivity index (χ2n) is 12.0. The van der Waals surface area contributed by atoms with Crippen molar-refractivity contribution in [3.8, 4) is 16.9 Å². The molecule has 2 aromatic rings. The molecule has 198 valence electrons. The van der Waals surface area contributed by atoms with Crippen LogP contribution in [-0.4, -0.2) is 6.61 Å². The average molecular weight is 489 g/mol. The molecule has 2 saturated carbocycles. The lowest BCUT2D eigenvalue weighted by Gasteiger charge is -2.28. The average Bonchev–Trinajstić information content (AvgIpc) is 2.93. The standard InChI is InChI=1S/C35H52O/c1-3-5-6-9-29-11-13-30(14-12-29)10-7-27-36-35-25-23-34(24-26-35)33-21-19-32(20-22-33)31-17-15-28(8-4-2)16-18-31/h19-26,28-31H,3-18,27H2,1-2H3/t28-,29-,30-,31-. The van der Waals surface area contributed by atoms with Gasteiger partial charge in [0.05, 0.1) is 6.61 Å². The largest absolute Gasteiger partial charge is 0.494 e. The van der Waals surface area contributed by atoms with E-state index in [1.165, 1.54) is 114 Å². The fourth-order valence-corrected chi connectivity index (χ4v) is 6.94. The van der Waals surface area contributed by atoms with Crippen LogP contribution in [0.15, 0.2) is 48.5 Å². The van der Waals surface area contributed by atoms with Gasteiger partial charge in [0.15, 0.2) is 0 Å². The molecule has 0 atom stereocenters. The molecular formula is C35H52O. The fourth-order valence-electron chi connectivity index (χ4n) is 6.94. The molecule has 1 nitrogen and oxygen atoms in total. The van der Waals surface area contributed by atoms with Crippen LogP contribution in [0.5, 0.6) is 5.75 Å². The highest BCUT2D eigenvalue weighted by Gasteiger charge is 2.22. The summed E-state index contributed by atoms with van der Waals surface area (Å²) in [6.07, 6.45) is 22.4. The molecule has 0 N–H and O–H groups in total. The van der Waals surface area contributed by atoms with Crippen molar-refractivity contribution in [1.29, 1.82) is 0 Å². The van der Waals surface area contributed by atoms with Gasteiger partial charge in [-0.05, 0) is 91.0 Å². The van der Waals surface area contributed by atoms with E-state index in [-0.39, 0.29) is 0 Å². The first-order valence-corrected chi connectivity index (χ1v) is 15.6. The maximum absolute atomic E-state index is 6.10. The summed E-state index contributed by atoms with van der Waals surface area (Å²) >= 11 is 0. The first kappa shape index (κ1) is 27.3. The van der Waals surface area contributed by atoms with Crippen LogP contribution in [0.4, 0.5) is 0 Å². The zero-order chi connectivity index (χ0) is 25.0. The first-order chi connectivity index (χ1) is 17.7. The molecule has 4 rings (SSSR count). The number of ether oxygens (including phenoxy) is 1. The molecule has 0 amide bonds. The fraction of sp³-hybridized carbons (Fsp3) is 0.657. The van der Waals surface area contributed by atoms with Crippen molar-refractivity contribution in [2.24, 2.45) is 17.8 Å². The molecule has 0 aliphatic heterocycles. The Bertz CT molecular complexity index is 835. The summed E-state index contributed by atoms with van der Waals surface area (Å²) in [5.74, 6) is 4.71. The molecule has 0 unspecified atom stereocenters. The zero-order valence-corrected chi connectivity index (χ0v) is 23.4. The van der Waals surface area contributed by atoms with Crippen LogP contribution in [0.1, 0.15) is 128 Å². The molecule has 36 heavy (non-hydrogen) atoms. The van der Waals surface area contributed by atoms with Gasteiger partial charge in [0.2, 0.25) is 0 Å². The Morgan fingerprint density at radius 2 is 1.08 bits per heavy atom. The van der Waals surface area contributed by atoms with Gasteiger partial charge >= 0.3 is 0 Å². The topological polar surface area (TPSA) is 9.23 Å². The summed E-state index contributed by atoms with van der Waals surface area (Å²) in [7, 11) is 0. The van der Waals surface area contributed by atoms with Crippen molar-refractivity contribution in [1.82, 2.24) is 0 Å². The van der Waals surface area contributed by atoms with Crippen molar-refractivity contribution in [3.05, 3.63) is 54.1 Å². The van der Waals surface area contributed by atoms with Crippen LogP contribution in [0.3, 0.4) is 0 Å². The molecule has 2 aliphatic carbocycles. The summed E-state index contributed by atoms with van der Waals surface area (Å²) in [4.78, 5) is 0. The smallest absolute Gasteiger partial charge is 0.119 e. The Kier molecular flexibility index (Phi) is 11.3. The number of unbranched alkanes of at least 4 members (excludes halogenated alkanes) is 2. The van der Waals surface area contributed by atoms with Gasteiger partial charge in [0, 0.05) is 0 Å². The van der Waals surface area contributed by atoms with Gasteiger partial charge < -0.3 is 4.74 Å².